The van der Waals surface area contributed by atoms with E-state index >= 15 is 0 Å². The summed E-state index contributed by atoms with van der Waals surface area (Å²) in [6.45, 7) is -1.92. The van der Waals surface area contributed by atoms with Gasteiger partial charge in [-0.1, -0.05) is 25.7 Å². The number of aliphatic hydroxyl groups is 2. The van der Waals surface area contributed by atoms with E-state index in [2.05, 4.69) is 41.9 Å². The molecule has 0 saturated heterocycles. The van der Waals surface area contributed by atoms with Crippen LogP contribution in [0.1, 0.15) is 104 Å². The molecule has 0 spiro atoms. The summed E-state index contributed by atoms with van der Waals surface area (Å²) in [6, 6.07) is -14.6. The third-order valence-electron chi connectivity index (χ3n) is 10.6. The highest BCUT2D eigenvalue weighted by Gasteiger charge is 2.36. The van der Waals surface area contributed by atoms with Crippen molar-refractivity contribution in [2.75, 3.05) is 26.3 Å². The molecule has 2 rings (SSSR count). The van der Waals surface area contributed by atoms with Crippen molar-refractivity contribution in [1.29, 1.82) is 0 Å². The number of rotatable bonds is 21. The van der Waals surface area contributed by atoms with Crippen molar-refractivity contribution in [1.82, 2.24) is 52.5 Å². The number of unbranched alkanes of at least 4 members (excludes halogenated alkanes) is 3. The molecule has 0 radical (unpaired) electrons. The van der Waals surface area contributed by atoms with Gasteiger partial charge in [0.15, 0.2) is 11.4 Å². The second kappa shape index (κ2) is 30.9. The van der Waals surface area contributed by atoms with Crippen LogP contribution in [0.3, 0.4) is 0 Å². The van der Waals surface area contributed by atoms with Crippen molar-refractivity contribution in [2.24, 2.45) is 11.5 Å². The number of aromatic nitrogens is 2. The molecule has 0 bridgehead atoms. The molecule has 30 nitrogen and oxygen atoms in total. The second-order valence-corrected chi connectivity index (χ2v) is 16.1. The smallest absolute Gasteiger partial charge is 0.326 e. The highest BCUT2D eigenvalue weighted by Crippen LogP contribution is 2.13. The average Bonchev–Trinajstić information content (AvgIpc) is 3.31. The number of amides is 8. The Labute approximate surface area is 404 Å². The van der Waals surface area contributed by atoms with Gasteiger partial charge in [-0.05, 0) is 58.0 Å². The van der Waals surface area contributed by atoms with Gasteiger partial charge in [0.25, 0.3) is 11.8 Å². The van der Waals surface area contributed by atoms with E-state index in [0.717, 1.165) is 12.4 Å². The van der Waals surface area contributed by atoms with Crippen LogP contribution in [0.15, 0.2) is 12.4 Å². The number of nitrogens with one attached hydrogen (secondary N) is 8. The quantitative estimate of drug-likeness (QED) is 0.0510. The summed E-state index contributed by atoms with van der Waals surface area (Å²) in [5.41, 5.74) is 9.33. The van der Waals surface area contributed by atoms with Gasteiger partial charge in [-0.2, -0.15) is 0 Å². The molecule has 0 aliphatic carbocycles. The molecule has 394 valence electrons. The minimum absolute atomic E-state index is 0.0849. The summed E-state index contributed by atoms with van der Waals surface area (Å²) >= 11 is 0. The Morgan fingerprint density at radius 2 is 0.887 bits per heavy atom. The lowest BCUT2D eigenvalue weighted by Gasteiger charge is -2.26. The third-order valence-corrected chi connectivity index (χ3v) is 10.6. The Morgan fingerprint density at radius 3 is 1.23 bits per heavy atom. The molecule has 18 N–H and O–H groups in total. The predicted octanol–water partition coefficient (Wildman–Crippen LogP) is -6.09. The van der Waals surface area contributed by atoms with Gasteiger partial charge in [0, 0.05) is 12.4 Å². The van der Waals surface area contributed by atoms with E-state index < -0.39 is 170 Å². The number of fused-ring (bicyclic) bond motifs is 1. The number of nitrogens with zero attached hydrogens (tertiary/aromatic N) is 2. The van der Waals surface area contributed by atoms with Crippen LogP contribution in [-0.4, -0.2) is 186 Å². The lowest BCUT2D eigenvalue weighted by atomic mass is 10.0. The molecule has 1 aromatic rings. The van der Waals surface area contributed by atoms with Gasteiger partial charge < -0.3 is 84.6 Å². The maximum absolute atomic E-state index is 13.8. The van der Waals surface area contributed by atoms with E-state index in [9.17, 15) is 88.2 Å². The van der Waals surface area contributed by atoms with Gasteiger partial charge in [0.2, 0.25) is 35.4 Å². The largest absolute Gasteiger partial charge is 0.481 e. The number of nitrogens with two attached hydrogens (primary N) is 2. The monoisotopic (exact) mass is 1010 g/mol. The van der Waals surface area contributed by atoms with Crippen molar-refractivity contribution < 1.29 is 88.2 Å². The second-order valence-electron chi connectivity index (χ2n) is 16.1. The molecule has 71 heavy (non-hydrogen) atoms. The van der Waals surface area contributed by atoms with Crippen LogP contribution >= 0.6 is 0 Å². The van der Waals surface area contributed by atoms with Crippen molar-refractivity contribution in [3.63, 3.8) is 0 Å². The molecule has 8 atom stereocenters. The van der Waals surface area contributed by atoms with Crippen LogP contribution in [0, 0.1) is 0 Å². The van der Waals surface area contributed by atoms with Crippen molar-refractivity contribution in [3.8, 4) is 0 Å². The van der Waals surface area contributed by atoms with E-state index in [0.29, 0.717) is 32.2 Å². The summed E-state index contributed by atoms with van der Waals surface area (Å²) in [7, 11) is 0. The molecule has 0 unspecified atom stereocenters. The molecule has 1 aromatic heterocycles. The van der Waals surface area contributed by atoms with E-state index in [1.807, 2.05) is 10.6 Å². The lowest BCUT2D eigenvalue weighted by Crippen LogP contribution is -2.59. The molecule has 0 saturated carbocycles. The zero-order valence-corrected chi connectivity index (χ0v) is 38.4. The number of aliphatic carboxylic acids is 4. The van der Waals surface area contributed by atoms with Gasteiger partial charge in [-0.15, -0.1) is 0 Å². The van der Waals surface area contributed by atoms with E-state index in [1.54, 1.807) is 0 Å². The topological polar surface area (TPSA) is 500 Å². The van der Waals surface area contributed by atoms with Gasteiger partial charge in [-0.25, -0.2) is 19.6 Å². The predicted molar refractivity (Wildman–Crippen MR) is 239 cm³/mol. The maximum Gasteiger partial charge on any atom is 0.326 e. The number of carbonyl (C=O) groups excluding carboxylic acids is 8. The molecule has 2 heterocycles. The number of hydrogen-bond acceptors (Lipinski definition) is 18. The Hall–Kier alpha value is -7.44. The molecule has 0 fully saturated rings. The van der Waals surface area contributed by atoms with Crippen molar-refractivity contribution >= 4 is 71.1 Å². The summed E-state index contributed by atoms with van der Waals surface area (Å²) in [5.74, 6) is -16.7. The fraction of sp³-hybridized carbons (Fsp3) is 0.610. The van der Waals surface area contributed by atoms with Gasteiger partial charge >= 0.3 is 23.9 Å². The highest BCUT2D eigenvalue weighted by molar-refractivity contribution is 6.07. The molecule has 1 aliphatic heterocycles. The van der Waals surface area contributed by atoms with Gasteiger partial charge in [-0.3, -0.25) is 47.9 Å². The number of aliphatic hydroxyl groups excluding tert-OH is 2. The number of carboxylic acid groups (broad SMARTS) is 4. The standard InChI is InChI=1S/C41H62N12O18/c42-12-6-1-2-10-22(40(68)69)48-32(60)20-8-3-4-9-21(33(61)49-23(41(70)71)11-5-7-13-43)47-35(63)25(17-29(58)59)51-37(65)27(19-55)53-39(67)31-30(44-14-15-45-31)38(66)52-26(18-54)36(64)50-24(16-28(56)57)34(62)46-20/h14-15,20-27,54-55H,1-13,16-19,42-43H2,(H,46,62)(H,47,63)(H,48,60)(H,49,61)(H,50,64)(H,51,65)(H,52,66)(H,53,67)(H,56,57)(H,58,59)(H,68,69)(H,70,71)/t20-,21-,22-,23-,24+,25+,26-,27-/m0/s1. The fourth-order valence-corrected chi connectivity index (χ4v) is 6.83. The summed E-state index contributed by atoms with van der Waals surface area (Å²) in [4.78, 5) is 165. The van der Waals surface area contributed by atoms with Crippen molar-refractivity contribution in [3.05, 3.63) is 23.8 Å². The van der Waals surface area contributed by atoms with Crippen LogP contribution in [-0.2, 0) is 47.9 Å². The molecule has 8 amide bonds. The summed E-state index contributed by atoms with van der Waals surface area (Å²) in [5, 5.41) is 76.6. The minimum Gasteiger partial charge on any atom is -0.481 e. The van der Waals surface area contributed by atoms with Crippen molar-refractivity contribution in [2.45, 2.75) is 132 Å². The Kier molecular flexibility index (Phi) is 26.0. The lowest BCUT2D eigenvalue weighted by molar-refractivity contribution is -0.143. The van der Waals surface area contributed by atoms with E-state index in [4.69, 9.17) is 11.5 Å². The van der Waals surface area contributed by atoms with Crippen LogP contribution < -0.4 is 54.0 Å². The minimum atomic E-state index is -2.05. The highest BCUT2D eigenvalue weighted by atomic mass is 16.4. The van der Waals surface area contributed by atoms with Crippen LogP contribution in [0.25, 0.3) is 0 Å². The van der Waals surface area contributed by atoms with Gasteiger partial charge in [0.05, 0.1) is 26.1 Å². The first kappa shape index (κ1) is 59.7. The number of carboxylic acids is 4. The SMILES string of the molecule is NCCCCC[C@H](NC(=O)[C@@H]1CCCC[C@@H](C(=O)N[C@@H](CCCCN)C(=O)O)NC(=O)[C@@H](CC(=O)O)NC(=O)[C@H](CO)NC(=O)c2nccnc2C(=O)N[C@@H](CO)C(=O)N[C@H](CC(=O)O)C(=O)N1)C(=O)O. The molecule has 30 heteroatoms. The average molecular weight is 1010 g/mol. The number of carbonyl (C=O) groups is 12. The normalized spacial score (nSPS) is 21.9. The van der Waals surface area contributed by atoms with Gasteiger partial charge in [0.1, 0.15) is 48.3 Å². The molecular formula is C41H62N12O18. The number of hydrogen-bond donors (Lipinski definition) is 16. The fourth-order valence-electron chi connectivity index (χ4n) is 6.83. The summed E-state index contributed by atoms with van der Waals surface area (Å²) < 4.78 is 0. The molecule has 1 aliphatic rings. The molecule has 0 aromatic carbocycles. The zero-order valence-electron chi connectivity index (χ0n) is 38.4. The first-order valence-electron chi connectivity index (χ1n) is 22.4. The molecular weight excluding hydrogens is 949 g/mol. The van der Waals surface area contributed by atoms with E-state index in [-0.39, 0.29) is 38.6 Å². The Bertz CT molecular complexity index is 2080. The summed E-state index contributed by atoms with van der Waals surface area (Å²) in [6.07, 6.45) is 0.0778. The maximum atomic E-state index is 13.8. The Balaban J connectivity index is 2.75. The third kappa shape index (κ3) is 20.6. The van der Waals surface area contributed by atoms with Crippen LogP contribution in [0.5, 0.6) is 0 Å². The first-order chi connectivity index (χ1) is 33.7. The Morgan fingerprint density at radius 1 is 0.535 bits per heavy atom. The van der Waals surface area contributed by atoms with Crippen LogP contribution in [0.4, 0.5) is 0 Å². The first-order valence-corrected chi connectivity index (χ1v) is 22.4. The van der Waals surface area contributed by atoms with E-state index in [1.165, 1.54) is 0 Å². The zero-order chi connectivity index (χ0) is 53.2. The van der Waals surface area contributed by atoms with Crippen LogP contribution in [0.2, 0.25) is 0 Å².